The molecule has 0 aliphatic carbocycles. The zero-order valence-electron chi connectivity index (χ0n) is 21.0. The highest BCUT2D eigenvalue weighted by molar-refractivity contribution is 5.99. The van der Waals surface area contributed by atoms with Gasteiger partial charge < -0.3 is 19.7 Å². The second kappa shape index (κ2) is 10.6. The summed E-state index contributed by atoms with van der Waals surface area (Å²) in [7, 11) is 0. The number of likely N-dealkylation sites (tertiary alicyclic amines) is 1. The average Bonchev–Trinajstić information content (AvgIpc) is 3.55. The van der Waals surface area contributed by atoms with E-state index in [1.165, 1.54) is 18.2 Å². The quantitative estimate of drug-likeness (QED) is 0.670. The number of benzene rings is 2. The summed E-state index contributed by atoms with van der Waals surface area (Å²) in [5.74, 6) is -1.28. The highest BCUT2D eigenvalue weighted by Crippen LogP contribution is 2.39. The third-order valence-electron chi connectivity index (χ3n) is 7.48. The van der Waals surface area contributed by atoms with Crippen LogP contribution in [0.4, 0.5) is 4.39 Å². The van der Waals surface area contributed by atoms with E-state index in [1.54, 1.807) is 28.0 Å². The molecule has 2 atom stereocenters. The summed E-state index contributed by atoms with van der Waals surface area (Å²) in [6.45, 7) is 3.71. The molecule has 0 aromatic heterocycles. The zero-order valence-corrected chi connectivity index (χ0v) is 21.0. The first kappa shape index (κ1) is 25.4. The first-order chi connectivity index (χ1) is 17.9. The Hall–Kier alpha value is -3.30. The van der Waals surface area contributed by atoms with Crippen molar-refractivity contribution >= 4 is 17.7 Å². The normalized spacial score (nSPS) is 22.9. The van der Waals surface area contributed by atoms with Gasteiger partial charge in [-0.2, -0.15) is 0 Å². The van der Waals surface area contributed by atoms with Crippen LogP contribution in [-0.2, 0) is 14.3 Å². The zero-order chi connectivity index (χ0) is 26.0. The van der Waals surface area contributed by atoms with Gasteiger partial charge in [0.25, 0.3) is 11.8 Å². The predicted octanol–water partition coefficient (Wildman–Crippen LogP) is 2.90. The van der Waals surface area contributed by atoms with Gasteiger partial charge in [-0.05, 0) is 50.1 Å². The minimum Gasteiger partial charge on any atom is -0.376 e. The maximum atomic E-state index is 13.8. The lowest BCUT2D eigenvalue weighted by Crippen LogP contribution is -2.60. The van der Waals surface area contributed by atoms with Gasteiger partial charge in [-0.15, -0.1) is 0 Å². The van der Waals surface area contributed by atoms with Crippen molar-refractivity contribution < 1.29 is 28.2 Å². The third kappa shape index (κ3) is 5.24. The summed E-state index contributed by atoms with van der Waals surface area (Å²) in [5.41, 5.74) is 0.697. The average molecular weight is 510 g/mol. The molecule has 3 fully saturated rings. The lowest BCUT2D eigenvalue weighted by molar-refractivity contribution is -0.128. The fourth-order valence-corrected chi connectivity index (χ4v) is 5.48. The summed E-state index contributed by atoms with van der Waals surface area (Å²) < 4.78 is 25.5. The molecule has 3 saturated heterocycles. The van der Waals surface area contributed by atoms with E-state index in [4.69, 9.17) is 9.47 Å². The molecule has 0 radical (unpaired) electrons. The molecule has 3 amide bonds. The molecular weight excluding hydrogens is 477 g/mol. The van der Waals surface area contributed by atoms with Crippen LogP contribution in [0.3, 0.4) is 0 Å². The summed E-state index contributed by atoms with van der Waals surface area (Å²) >= 11 is 0. The van der Waals surface area contributed by atoms with Crippen molar-refractivity contribution in [3.05, 3.63) is 71.0 Å². The van der Waals surface area contributed by atoms with Gasteiger partial charge in [0.2, 0.25) is 5.91 Å². The van der Waals surface area contributed by atoms with Crippen LogP contribution in [-0.4, -0.2) is 78.2 Å². The van der Waals surface area contributed by atoms with E-state index in [1.807, 2.05) is 19.1 Å². The Morgan fingerprint density at radius 1 is 1.05 bits per heavy atom. The minimum atomic E-state index is -1.01. The summed E-state index contributed by atoms with van der Waals surface area (Å²) in [5, 5.41) is 2.95. The number of amides is 3. The van der Waals surface area contributed by atoms with E-state index in [9.17, 15) is 18.8 Å². The lowest BCUT2D eigenvalue weighted by atomic mass is 9.95. The molecule has 0 bridgehead atoms. The molecule has 9 heteroatoms. The first-order valence-electron chi connectivity index (χ1n) is 12.8. The molecule has 196 valence electrons. The second-order valence-corrected chi connectivity index (χ2v) is 10.0. The van der Waals surface area contributed by atoms with E-state index in [0.29, 0.717) is 44.6 Å². The van der Waals surface area contributed by atoms with Crippen molar-refractivity contribution in [3.63, 3.8) is 0 Å². The van der Waals surface area contributed by atoms with Crippen LogP contribution in [0.5, 0.6) is 0 Å². The number of hydrogen-bond donors (Lipinski definition) is 1. The smallest absolute Gasteiger partial charge is 0.256 e. The van der Waals surface area contributed by atoms with Crippen molar-refractivity contribution in [1.29, 1.82) is 0 Å². The predicted molar refractivity (Wildman–Crippen MR) is 133 cm³/mol. The summed E-state index contributed by atoms with van der Waals surface area (Å²) in [6.07, 6.45) is 2.55. The second-order valence-electron chi connectivity index (χ2n) is 10.0. The Kier molecular flexibility index (Phi) is 7.26. The number of carbonyl (C=O) groups excluding carboxylic acids is 3. The number of nitrogens with zero attached hydrogens (tertiary/aromatic N) is 2. The standard InChI is InChI=1S/C28H32FN3O5/c1-19-5-2-6-20(15-19)27(35)32-24(25(33)30-17-23-9-4-14-36-23)18-37-28(32)10-12-31(13-11-28)26(34)21-7-3-8-22(29)16-21/h2-3,5-8,15-16,23-24H,4,9-14,17-18H2,1H3,(H,30,33)/t23-,24+/m0/s1. The number of rotatable bonds is 5. The van der Waals surface area contributed by atoms with E-state index in [2.05, 4.69) is 5.32 Å². The summed E-state index contributed by atoms with van der Waals surface area (Å²) in [4.78, 5) is 43.3. The maximum absolute atomic E-state index is 13.8. The SMILES string of the molecule is Cc1cccc(C(=O)N2[C@@H](C(=O)NC[C@@H]3CCCO3)COC23CCN(C(=O)c2cccc(F)c2)CC3)c1. The Morgan fingerprint density at radius 2 is 1.78 bits per heavy atom. The molecule has 3 aliphatic heterocycles. The number of ether oxygens (including phenoxy) is 2. The van der Waals surface area contributed by atoms with Crippen LogP contribution in [0.2, 0.25) is 0 Å². The fraction of sp³-hybridized carbons (Fsp3) is 0.464. The number of nitrogens with one attached hydrogen (secondary N) is 1. The Morgan fingerprint density at radius 3 is 2.46 bits per heavy atom. The molecule has 1 spiro atoms. The molecule has 8 nitrogen and oxygen atoms in total. The summed E-state index contributed by atoms with van der Waals surface area (Å²) in [6, 6.07) is 12.1. The lowest BCUT2D eigenvalue weighted by Gasteiger charge is -2.44. The van der Waals surface area contributed by atoms with Gasteiger partial charge in [-0.25, -0.2) is 4.39 Å². The number of piperidine rings is 1. The van der Waals surface area contributed by atoms with Crippen molar-refractivity contribution in [2.45, 2.75) is 50.5 Å². The molecule has 1 N–H and O–H groups in total. The van der Waals surface area contributed by atoms with Crippen LogP contribution < -0.4 is 5.32 Å². The van der Waals surface area contributed by atoms with Gasteiger partial charge in [-0.3, -0.25) is 19.3 Å². The number of halogens is 1. The van der Waals surface area contributed by atoms with Gasteiger partial charge in [0.1, 0.15) is 17.6 Å². The van der Waals surface area contributed by atoms with Crippen LogP contribution in [0.15, 0.2) is 48.5 Å². The molecular formula is C28H32FN3O5. The van der Waals surface area contributed by atoms with Crippen LogP contribution in [0.1, 0.15) is 52.0 Å². The Bertz CT molecular complexity index is 1170. The highest BCUT2D eigenvalue weighted by atomic mass is 19.1. The van der Waals surface area contributed by atoms with Gasteiger partial charge in [-0.1, -0.05) is 23.8 Å². The van der Waals surface area contributed by atoms with Crippen LogP contribution >= 0.6 is 0 Å². The van der Waals surface area contributed by atoms with Gasteiger partial charge in [0, 0.05) is 50.2 Å². The van der Waals surface area contributed by atoms with Crippen LogP contribution in [0, 0.1) is 12.7 Å². The van der Waals surface area contributed by atoms with Crippen molar-refractivity contribution in [2.24, 2.45) is 0 Å². The van der Waals surface area contributed by atoms with Gasteiger partial charge >= 0.3 is 0 Å². The van der Waals surface area contributed by atoms with E-state index < -0.39 is 17.6 Å². The molecule has 5 rings (SSSR count). The van der Waals surface area contributed by atoms with E-state index in [-0.39, 0.29) is 36.0 Å². The van der Waals surface area contributed by atoms with Crippen molar-refractivity contribution in [1.82, 2.24) is 15.1 Å². The molecule has 3 heterocycles. The van der Waals surface area contributed by atoms with Crippen molar-refractivity contribution in [2.75, 3.05) is 32.8 Å². The topological polar surface area (TPSA) is 88.2 Å². The molecule has 3 aliphatic rings. The molecule has 2 aromatic carbocycles. The molecule has 0 unspecified atom stereocenters. The van der Waals surface area contributed by atoms with Crippen LogP contribution in [0.25, 0.3) is 0 Å². The monoisotopic (exact) mass is 509 g/mol. The highest BCUT2D eigenvalue weighted by Gasteiger charge is 2.54. The number of hydrogen-bond acceptors (Lipinski definition) is 5. The van der Waals surface area contributed by atoms with Gasteiger partial charge in [0.05, 0.1) is 12.7 Å². The fourth-order valence-electron chi connectivity index (χ4n) is 5.48. The minimum absolute atomic E-state index is 0.0155. The number of aryl methyl sites for hydroxylation is 1. The Labute approximate surface area is 215 Å². The molecule has 2 aromatic rings. The number of carbonyl (C=O) groups is 3. The maximum Gasteiger partial charge on any atom is 0.256 e. The third-order valence-corrected chi connectivity index (χ3v) is 7.48. The largest absolute Gasteiger partial charge is 0.376 e. The Balaban J connectivity index is 1.35. The van der Waals surface area contributed by atoms with E-state index >= 15 is 0 Å². The van der Waals surface area contributed by atoms with E-state index in [0.717, 1.165) is 18.4 Å². The van der Waals surface area contributed by atoms with Crippen molar-refractivity contribution in [3.8, 4) is 0 Å². The molecule has 37 heavy (non-hydrogen) atoms. The first-order valence-corrected chi connectivity index (χ1v) is 12.8. The molecule has 0 saturated carbocycles. The van der Waals surface area contributed by atoms with Gasteiger partial charge in [0.15, 0.2) is 0 Å².